The lowest BCUT2D eigenvalue weighted by molar-refractivity contribution is 0.254. The molecule has 0 amide bonds. The third-order valence-electron chi connectivity index (χ3n) is 5.62. The Bertz CT molecular complexity index is 730. The Balaban J connectivity index is 1.79. The second-order valence-electron chi connectivity index (χ2n) is 6.92. The maximum absolute atomic E-state index is 5.53. The minimum Gasteiger partial charge on any atom is -0.494 e. The second kappa shape index (κ2) is 5.68. The Labute approximate surface area is 138 Å². The van der Waals surface area contributed by atoms with Gasteiger partial charge in [-0.25, -0.2) is 4.98 Å². The number of pyridine rings is 1. The van der Waals surface area contributed by atoms with E-state index in [0.717, 1.165) is 36.1 Å². The molecule has 0 radical (unpaired) electrons. The summed E-state index contributed by atoms with van der Waals surface area (Å²) in [4.78, 5) is 9.89. The van der Waals surface area contributed by atoms with E-state index in [1.54, 1.807) is 7.11 Å². The van der Waals surface area contributed by atoms with Crippen molar-refractivity contribution >= 4 is 16.6 Å². The van der Waals surface area contributed by atoms with Gasteiger partial charge in [0.25, 0.3) is 0 Å². The Hall–Kier alpha value is -1.81. The molecule has 2 bridgehead atoms. The zero-order valence-corrected chi connectivity index (χ0v) is 14.2. The van der Waals surface area contributed by atoms with Gasteiger partial charge in [0.2, 0.25) is 0 Å². The van der Waals surface area contributed by atoms with Crippen LogP contribution in [0.25, 0.3) is 10.9 Å². The highest BCUT2D eigenvalue weighted by molar-refractivity contribution is 5.95. The van der Waals surface area contributed by atoms with E-state index in [1.807, 2.05) is 6.07 Å². The van der Waals surface area contributed by atoms with Gasteiger partial charge in [-0.1, -0.05) is 12.1 Å². The molecule has 4 nitrogen and oxygen atoms in total. The summed E-state index contributed by atoms with van der Waals surface area (Å²) in [6, 6.07) is 9.91. The van der Waals surface area contributed by atoms with Crippen LogP contribution in [0.15, 0.2) is 24.3 Å². The van der Waals surface area contributed by atoms with Crippen LogP contribution in [0.5, 0.6) is 5.75 Å². The number of ether oxygens (including phenoxy) is 1. The van der Waals surface area contributed by atoms with Crippen LogP contribution in [-0.2, 0) is 0 Å². The largest absolute Gasteiger partial charge is 0.494 e. The van der Waals surface area contributed by atoms with Crippen LogP contribution in [-0.4, -0.2) is 49.2 Å². The first-order valence-corrected chi connectivity index (χ1v) is 8.58. The highest BCUT2D eigenvalue weighted by atomic mass is 16.5. The highest BCUT2D eigenvalue weighted by Gasteiger charge is 2.35. The molecule has 0 N–H and O–H groups in total. The molecule has 2 unspecified atom stereocenters. The Morgan fingerprint density at radius 1 is 1.17 bits per heavy atom. The third kappa shape index (κ3) is 2.45. The third-order valence-corrected chi connectivity index (χ3v) is 5.62. The van der Waals surface area contributed by atoms with Crippen molar-refractivity contribution in [3.05, 3.63) is 30.0 Å². The zero-order valence-electron chi connectivity index (χ0n) is 14.2. The molecule has 1 aromatic heterocycles. The summed E-state index contributed by atoms with van der Waals surface area (Å²) in [5.41, 5.74) is 3.35. The minimum atomic E-state index is 0.677. The number of anilines is 1. The molecule has 0 aliphatic carbocycles. The first kappa shape index (κ1) is 14.8. The van der Waals surface area contributed by atoms with Crippen molar-refractivity contribution < 1.29 is 4.74 Å². The normalized spacial score (nSPS) is 24.9. The van der Waals surface area contributed by atoms with Crippen LogP contribution in [0.4, 0.5) is 5.69 Å². The molecule has 2 atom stereocenters. The number of aryl methyl sites for hydroxylation is 1. The Kier molecular flexibility index (Phi) is 3.64. The van der Waals surface area contributed by atoms with Crippen LogP contribution >= 0.6 is 0 Å². The van der Waals surface area contributed by atoms with Crippen LogP contribution in [0.1, 0.15) is 25.0 Å². The van der Waals surface area contributed by atoms with Crippen LogP contribution < -0.4 is 9.64 Å². The van der Waals surface area contributed by atoms with E-state index in [1.165, 1.54) is 30.3 Å². The number of benzene rings is 1. The number of rotatable bonds is 2. The van der Waals surface area contributed by atoms with E-state index >= 15 is 0 Å². The molecular formula is C19H25N3O. The summed E-state index contributed by atoms with van der Waals surface area (Å²) >= 11 is 0. The predicted octanol–water partition coefficient (Wildman–Crippen LogP) is 3.22. The van der Waals surface area contributed by atoms with Crippen LogP contribution in [0, 0.1) is 6.92 Å². The van der Waals surface area contributed by atoms with Crippen molar-refractivity contribution in [1.29, 1.82) is 0 Å². The predicted molar refractivity (Wildman–Crippen MR) is 94.4 cm³/mol. The van der Waals surface area contributed by atoms with Gasteiger partial charge in [0, 0.05) is 41.9 Å². The van der Waals surface area contributed by atoms with Crippen molar-refractivity contribution in [3.63, 3.8) is 0 Å². The molecule has 2 aliphatic heterocycles. The summed E-state index contributed by atoms with van der Waals surface area (Å²) in [5, 5.41) is 1.20. The first-order valence-electron chi connectivity index (χ1n) is 8.58. The fourth-order valence-electron chi connectivity index (χ4n) is 4.28. The SMILES string of the molecule is COc1cccc2c(N3CCC4CCC(C3)N4C)cc(C)nc12. The summed E-state index contributed by atoms with van der Waals surface area (Å²) < 4.78 is 5.53. The standard InChI is InChI=1S/C19H25N3O/c1-13-11-17(16-5-4-6-18(23-3)19(16)20-13)22-10-9-14-7-8-15(12-22)21(14)2/h4-6,11,14-15H,7-10,12H2,1-3H3. The summed E-state index contributed by atoms with van der Waals surface area (Å²) in [6.07, 6.45) is 3.93. The number of methoxy groups -OCH3 is 1. The molecule has 0 saturated carbocycles. The fourth-order valence-corrected chi connectivity index (χ4v) is 4.28. The molecule has 122 valence electrons. The van der Waals surface area contributed by atoms with Crippen molar-refractivity contribution in [2.45, 2.75) is 38.3 Å². The highest BCUT2D eigenvalue weighted by Crippen LogP contribution is 2.36. The maximum Gasteiger partial charge on any atom is 0.145 e. The lowest BCUT2D eigenvalue weighted by atomic mass is 10.1. The molecular weight excluding hydrogens is 286 g/mol. The van der Waals surface area contributed by atoms with Gasteiger partial charge in [-0.05, 0) is 45.4 Å². The molecule has 0 spiro atoms. The number of hydrogen-bond donors (Lipinski definition) is 0. The molecule has 2 aromatic rings. The molecule has 2 fully saturated rings. The lowest BCUT2D eigenvalue weighted by Gasteiger charge is -2.29. The summed E-state index contributed by atoms with van der Waals surface area (Å²) in [5.74, 6) is 0.862. The summed E-state index contributed by atoms with van der Waals surface area (Å²) in [6.45, 7) is 4.31. The number of hydrogen-bond acceptors (Lipinski definition) is 4. The van der Waals surface area contributed by atoms with Crippen molar-refractivity contribution in [2.75, 3.05) is 32.1 Å². The van der Waals surface area contributed by atoms with E-state index in [-0.39, 0.29) is 0 Å². The number of aromatic nitrogens is 1. The van der Waals surface area contributed by atoms with E-state index in [9.17, 15) is 0 Å². The molecule has 3 heterocycles. The topological polar surface area (TPSA) is 28.6 Å². The van der Waals surface area contributed by atoms with Gasteiger partial charge in [0.15, 0.2) is 0 Å². The average Bonchev–Trinajstić information content (AvgIpc) is 2.79. The van der Waals surface area contributed by atoms with Crippen LogP contribution in [0.2, 0.25) is 0 Å². The molecule has 1 aromatic carbocycles. The maximum atomic E-state index is 5.53. The molecule has 2 aliphatic rings. The molecule has 4 rings (SSSR count). The first-order chi connectivity index (χ1) is 11.2. The molecule has 23 heavy (non-hydrogen) atoms. The second-order valence-corrected chi connectivity index (χ2v) is 6.92. The number of fused-ring (bicyclic) bond motifs is 3. The minimum absolute atomic E-state index is 0.677. The van der Waals surface area contributed by atoms with E-state index in [2.05, 4.69) is 42.0 Å². The smallest absolute Gasteiger partial charge is 0.145 e. The van der Waals surface area contributed by atoms with Gasteiger partial charge >= 0.3 is 0 Å². The monoisotopic (exact) mass is 311 g/mol. The van der Waals surface area contributed by atoms with Gasteiger partial charge in [0.05, 0.1) is 7.11 Å². The van der Waals surface area contributed by atoms with E-state index in [0.29, 0.717) is 6.04 Å². The summed E-state index contributed by atoms with van der Waals surface area (Å²) in [7, 11) is 4.02. The Morgan fingerprint density at radius 3 is 2.83 bits per heavy atom. The van der Waals surface area contributed by atoms with E-state index < -0.39 is 0 Å². The van der Waals surface area contributed by atoms with Gasteiger partial charge in [-0.3, -0.25) is 4.90 Å². The average molecular weight is 311 g/mol. The lowest BCUT2D eigenvalue weighted by Crippen LogP contribution is -2.36. The van der Waals surface area contributed by atoms with Crippen molar-refractivity contribution in [3.8, 4) is 5.75 Å². The van der Waals surface area contributed by atoms with Gasteiger partial charge in [-0.15, -0.1) is 0 Å². The zero-order chi connectivity index (χ0) is 16.0. The van der Waals surface area contributed by atoms with Crippen LogP contribution in [0.3, 0.4) is 0 Å². The van der Waals surface area contributed by atoms with Gasteiger partial charge in [-0.2, -0.15) is 0 Å². The van der Waals surface area contributed by atoms with Crippen molar-refractivity contribution in [1.82, 2.24) is 9.88 Å². The molecule has 4 heteroatoms. The fraction of sp³-hybridized carbons (Fsp3) is 0.526. The number of likely N-dealkylation sites (N-methyl/N-ethyl adjacent to an activating group) is 1. The van der Waals surface area contributed by atoms with Gasteiger partial charge < -0.3 is 9.64 Å². The Morgan fingerprint density at radius 2 is 2.00 bits per heavy atom. The number of para-hydroxylation sites is 1. The molecule has 2 saturated heterocycles. The van der Waals surface area contributed by atoms with E-state index in [4.69, 9.17) is 9.72 Å². The van der Waals surface area contributed by atoms with Crippen molar-refractivity contribution in [2.24, 2.45) is 0 Å². The van der Waals surface area contributed by atoms with Gasteiger partial charge in [0.1, 0.15) is 11.3 Å². The number of nitrogens with zero attached hydrogens (tertiary/aromatic N) is 3. The quantitative estimate of drug-likeness (QED) is 0.851.